The van der Waals surface area contributed by atoms with Gasteiger partial charge in [-0.2, -0.15) is 0 Å². The Hall–Kier alpha value is -5.61. The monoisotopic (exact) mass is 1700 g/mol. The molecule has 0 amide bonds. The van der Waals surface area contributed by atoms with E-state index in [1.165, 1.54) is 116 Å². The summed E-state index contributed by atoms with van der Waals surface area (Å²) in [7, 11) is -9.83. The van der Waals surface area contributed by atoms with E-state index in [2.05, 4.69) is 215 Å². The molecule has 16 nitrogen and oxygen atoms in total. The third-order valence-electron chi connectivity index (χ3n) is 19.3. The highest BCUT2D eigenvalue weighted by Gasteiger charge is 2.29. The maximum atomic E-state index is 13.1. The number of allylic oxidation sites excluding steroid dienone is 32. The van der Waals surface area contributed by atoms with Crippen LogP contribution in [0.4, 0.5) is 0 Å². The van der Waals surface area contributed by atoms with E-state index in [0.717, 1.165) is 193 Å². The number of unbranched alkanes of at least 4 members (excludes halogenated alkanes) is 32. The van der Waals surface area contributed by atoms with Crippen molar-refractivity contribution in [3.63, 3.8) is 0 Å². The number of ether oxygens (including phenoxy) is 3. The molecular weight excluding hydrogens is 1530 g/mol. The molecule has 0 saturated heterocycles. The lowest BCUT2D eigenvalue weighted by Crippen LogP contribution is -2.30. The summed E-state index contributed by atoms with van der Waals surface area (Å²) in [4.78, 5) is 59.0. The number of hydrogen-bond acceptors (Lipinski definition) is 14. The normalized spacial score (nSPS) is 14.6. The fraction of sp³-hybridized carbons (Fsp3) is 0.653. The van der Waals surface area contributed by atoms with Crippen LogP contribution in [0, 0.1) is 0 Å². The van der Waals surface area contributed by atoms with Gasteiger partial charge in [0.2, 0.25) is 0 Å². The largest absolute Gasteiger partial charge is 0.472 e. The molecule has 0 aliphatic carbocycles. The lowest BCUT2D eigenvalue weighted by Gasteiger charge is -2.21. The van der Waals surface area contributed by atoms with Crippen molar-refractivity contribution in [2.75, 3.05) is 39.6 Å². The van der Waals surface area contributed by atoms with Gasteiger partial charge >= 0.3 is 33.6 Å². The number of aliphatic hydroxyl groups is 2. The molecular formula is C101H168O16P2. The molecule has 0 fully saturated rings. The Labute approximate surface area is 725 Å². The summed E-state index contributed by atoms with van der Waals surface area (Å²) in [6, 6.07) is 0. The first-order valence-electron chi connectivity index (χ1n) is 46.7. The first-order chi connectivity index (χ1) is 58.2. The third kappa shape index (κ3) is 92.9. The predicted octanol–water partition coefficient (Wildman–Crippen LogP) is 29.0. The summed E-state index contributed by atoms with van der Waals surface area (Å²) in [6.07, 6.45) is 122. The molecule has 5 unspecified atom stereocenters. The Bertz CT molecular complexity index is 2940. The SMILES string of the molecule is CC/C=C\C/C=C\C/C=C\C/C=C\C/C=C\C/C=C\CCCCCCCCCCCCCCCCC(=O)OCC(O)COP(=O)(O)OCC(O)COP(=O)(O)OCC(COC(=O)CCCCCCCC/C=C\C/C=C\C/C=C\C/C=C\C/C=C\C/C=C\CC)OC(=O)CCCCCCCCCCC/C=C\C/C=C\C/C=C\C/C=C\CCCCC. The average Bonchev–Trinajstić information content (AvgIpc) is 0.902. The van der Waals surface area contributed by atoms with Crippen molar-refractivity contribution in [2.24, 2.45) is 0 Å². The van der Waals surface area contributed by atoms with Gasteiger partial charge in [0, 0.05) is 19.3 Å². The van der Waals surface area contributed by atoms with E-state index in [0.29, 0.717) is 19.3 Å². The highest BCUT2D eigenvalue weighted by molar-refractivity contribution is 7.47. The quantitative estimate of drug-likeness (QED) is 0.0146. The third-order valence-corrected chi connectivity index (χ3v) is 21.2. The summed E-state index contributed by atoms with van der Waals surface area (Å²) in [6.45, 7) is 2.43. The number of phosphoric ester groups is 2. The molecule has 0 heterocycles. The highest BCUT2D eigenvalue weighted by Crippen LogP contribution is 2.45. The van der Waals surface area contributed by atoms with Crippen LogP contribution in [-0.2, 0) is 55.8 Å². The van der Waals surface area contributed by atoms with E-state index in [1.807, 2.05) is 0 Å². The summed E-state index contributed by atoms with van der Waals surface area (Å²) >= 11 is 0. The van der Waals surface area contributed by atoms with Gasteiger partial charge in [0.1, 0.15) is 25.4 Å². The van der Waals surface area contributed by atoms with Crippen LogP contribution in [0.15, 0.2) is 194 Å². The van der Waals surface area contributed by atoms with Crippen LogP contribution in [0.1, 0.15) is 367 Å². The second-order valence-corrected chi connectivity index (χ2v) is 33.6. The second-order valence-electron chi connectivity index (χ2n) is 30.7. The standard InChI is InChI=1S/C101H168O16P2/c1-4-7-10-13-16-19-22-25-28-31-34-37-40-43-44-45-46-47-48-49-50-53-55-57-60-63-66-69-72-75-78-81-84-87-99(104)111-90-96(102)91-113-118(107,108)114-92-97(103)93-115-119(109,110)116-95-98(117-101(106)89-86-83-80-77-74-71-68-65-62-59-56-52-42-39-36-33-30-27-24-21-18-15-12-9-6-3)94-112-100(105)88-85-82-79-76-73-70-67-64-61-58-54-51-41-38-35-32-29-26-23-20-17-14-11-8-5-2/h7-8,10-11,16-21,25-30,34-39,43-44,46-47,51-52,54,56,61,64,96-98,102-103H,4-6,9,12-15,22-24,31-33,40-42,45,48-50,53,55,57-60,62-63,65-95H2,1-3H3,(H,107,108)(H,109,110)/b10-7-,11-8-,19-16-,20-17-,21-18-,28-25-,29-26-,30-27-,37-34-,38-35-,39-36-,44-43-,47-46-,54-51-,56-52-,64-61-. The molecule has 0 bridgehead atoms. The summed E-state index contributed by atoms with van der Waals surface area (Å²) in [5.41, 5.74) is 0. The van der Waals surface area contributed by atoms with Crippen molar-refractivity contribution in [1.82, 2.24) is 0 Å². The van der Waals surface area contributed by atoms with Gasteiger partial charge in [0.25, 0.3) is 0 Å². The van der Waals surface area contributed by atoms with E-state index in [9.17, 15) is 43.5 Å². The minimum Gasteiger partial charge on any atom is -0.463 e. The summed E-state index contributed by atoms with van der Waals surface area (Å²) in [5.74, 6) is -1.60. The van der Waals surface area contributed by atoms with Crippen LogP contribution < -0.4 is 0 Å². The van der Waals surface area contributed by atoms with E-state index in [4.69, 9.17) is 32.3 Å². The molecule has 0 aliphatic heterocycles. The summed E-state index contributed by atoms with van der Waals surface area (Å²) in [5, 5.41) is 20.8. The predicted molar refractivity (Wildman–Crippen MR) is 500 cm³/mol. The lowest BCUT2D eigenvalue weighted by molar-refractivity contribution is -0.161. The van der Waals surface area contributed by atoms with Gasteiger partial charge in [-0.25, -0.2) is 9.13 Å². The number of hydrogen-bond donors (Lipinski definition) is 4. The maximum Gasteiger partial charge on any atom is 0.472 e. The van der Waals surface area contributed by atoms with E-state index in [-0.39, 0.29) is 19.3 Å². The zero-order chi connectivity index (χ0) is 86.5. The number of aliphatic hydroxyl groups excluding tert-OH is 2. The van der Waals surface area contributed by atoms with Gasteiger partial charge < -0.3 is 34.2 Å². The van der Waals surface area contributed by atoms with Gasteiger partial charge in [-0.05, 0) is 167 Å². The van der Waals surface area contributed by atoms with Gasteiger partial charge in [-0.3, -0.25) is 32.5 Å². The Morgan fingerprint density at radius 1 is 0.244 bits per heavy atom. The van der Waals surface area contributed by atoms with Crippen molar-refractivity contribution >= 4 is 33.6 Å². The number of rotatable bonds is 87. The van der Waals surface area contributed by atoms with Crippen LogP contribution in [0.25, 0.3) is 0 Å². The molecule has 18 heteroatoms. The molecule has 0 radical (unpaired) electrons. The van der Waals surface area contributed by atoms with Gasteiger partial charge in [-0.15, -0.1) is 0 Å². The van der Waals surface area contributed by atoms with Gasteiger partial charge in [-0.1, -0.05) is 376 Å². The van der Waals surface area contributed by atoms with Crippen molar-refractivity contribution in [3.8, 4) is 0 Å². The van der Waals surface area contributed by atoms with Crippen molar-refractivity contribution in [2.45, 2.75) is 386 Å². The van der Waals surface area contributed by atoms with Crippen LogP contribution in [0.3, 0.4) is 0 Å². The highest BCUT2D eigenvalue weighted by atomic mass is 31.2. The first kappa shape index (κ1) is 113. The van der Waals surface area contributed by atoms with Crippen molar-refractivity contribution in [1.29, 1.82) is 0 Å². The zero-order valence-electron chi connectivity index (χ0n) is 74.7. The number of carbonyl (C=O) groups is 3. The van der Waals surface area contributed by atoms with E-state index in [1.54, 1.807) is 0 Å². The average molecular weight is 1700 g/mol. The molecule has 0 aromatic carbocycles. The van der Waals surface area contributed by atoms with Crippen LogP contribution in [-0.4, -0.2) is 95.9 Å². The molecule has 0 aliphatic rings. The molecule has 0 rings (SSSR count). The van der Waals surface area contributed by atoms with Gasteiger partial charge in [0.15, 0.2) is 6.10 Å². The van der Waals surface area contributed by atoms with Crippen molar-refractivity contribution < 1.29 is 75.8 Å². The molecule has 678 valence electrons. The topological polar surface area (TPSA) is 231 Å². The molecule has 0 saturated carbocycles. The first-order valence-corrected chi connectivity index (χ1v) is 49.7. The molecule has 4 N–H and O–H groups in total. The fourth-order valence-electron chi connectivity index (χ4n) is 12.3. The van der Waals surface area contributed by atoms with Crippen LogP contribution in [0.2, 0.25) is 0 Å². The number of phosphoric acid groups is 2. The second kappa shape index (κ2) is 91.6. The lowest BCUT2D eigenvalue weighted by atomic mass is 10.0. The zero-order valence-corrected chi connectivity index (χ0v) is 76.5. The molecule has 5 atom stereocenters. The molecule has 0 spiro atoms. The Morgan fingerprint density at radius 3 is 0.706 bits per heavy atom. The number of carbonyl (C=O) groups excluding carboxylic acids is 3. The smallest absolute Gasteiger partial charge is 0.463 e. The molecule has 119 heavy (non-hydrogen) atoms. The minimum absolute atomic E-state index is 0.0875. The maximum absolute atomic E-state index is 13.1. The molecule has 0 aromatic heterocycles. The van der Waals surface area contributed by atoms with E-state index >= 15 is 0 Å². The van der Waals surface area contributed by atoms with Gasteiger partial charge in [0.05, 0.1) is 26.4 Å². The van der Waals surface area contributed by atoms with Crippen LogP contribution >= 0.6 is 15.6 Å². The Balaban J connectivity index is 4.64. The van der Waals surface area contributed by atoms with Crippen LogP contribution in [0.5, 0.6) is 0 Å². The van der Waals surface area contributed by atoms with E-state index < -0.39 is 91.5 Å². The fourth-order valence-corrected chi connectivity index (χ4v) is 13.9. The minimum atomic E-state index is -4.95. The Kier molecular flexibility index (Phi) is 87.3. The summed E-state index contributed by atoms with van der Waals surface area (Å²) < 4.78 is 61.5. The van der Waals surface area contributed by atoms with Crippen molar-refractivity contribution in [3.05, 3.63) is 194 Å². The Morgan fingerprint density at radius 2 is 0.445 bits per heavy atom. The number of esters is 3. The molecule has 0 aromatic rings.